The van der Waals surface area contributed by atoms with Crippen LogP contribution < -0.4 is 0 Å². The van der Waals surface area contributed by atoms with E-state index < -0.39 is 0 Å². The Hall–Kier alpha value is -1.10. The molecule has 1 saturated carbocycles. The molecule has 4 nitrogen and oxygen atoms in total. The smallest absolute Gasteiger partial charge is 0.341 e. The van der Waals surface area contributed by atoms with Crippen LogP contribution in [0, 0.1) is 0 Å². The van der Waals surface area contributed by atoms with E-state index >= 15 is 0 Å². The van der Waals surface area contributed by atoms with Gasteiger partial charge in [0.25, 0.3) is 0 Å². The molecule has 15 heavy (non-hydrogen) atoms. The van der Waals surface area contributed by atoms with Gasteiger partial charge in [0, 0.05) is 12.1 Å². The first kappa shape index (κ1) is 10.4. The monoisotopic (exact) mass is 224 g/mol. The summed E-state index contributed by atoms with van der Waals surface area (Å²) >= 11 is 1.48. The number of thioether (sulfide) groups is 1. The maximum Gasteiger partial charge on any atom is 0.341 e. The number of hydrogen-bond acceptors (Lipinski definition) is 5. The van der Waals surface area contributed by atoms with Crippen molar-refractivity contribution in [3.05, 3.63) is 17.5 Å². The van der Waals surface area contributed by atoms with Crippen molar-refractivity contribution in [2.24, 2.45) is 0 Å². The van der Waals surface area contributed by atoms with E-state index in [1.807, 2.05) is 6.26 Å². The fourth-order valence-electron chi connectivity index (χ4n) is 1.41. The normalized spacial score (nSPS) is 15.1. The molecule has 0 spiro atoms. The van der Waals surface area contributed by atoms with Crippen LogP contribution in [0.1, 0.15) is 34.8 Å². The molecule has 0 atom stereocenters. The standard InChI is InChI=1S/C10H12N2O2S/c1-14-9(13)7-5-11-10(15-2)12-8(7)6-3-4-6/h5-6H,3-4H2,1-2H3. The van der Waals surface area contributed by atoms with Crippen molar-refractivity contribution < 1.29 is 9.53 Å². The first-order valence-electron chi connectivity index (χ1n) is 4.75. The Morgan fingerprint density at radius 2 is 2.33 bits per heavy atom. The lowest BCUT2D eigenvalue weighted by molar-refractivity contribution is 0.0598. The topological polar surface area (TPSA) is 52.1 Å². The molecule has 0 aliphatic heterocycles. The molecule has 0 saturated heterocycles. The first-order valence-corrected chi connectivity index (χ1v) is 5.98. The van der Waals surface area contributed by atoms with Crippen LogP contribution in [0.4, 0.5) is 0 Å². The minimum absolute atomic E-state index is 0.343. The largest absolute Gasteiger partial charge is 0.465 e. The van der Waals surface area contributed by atoms with Gasteiger partial charge in [0.05, 0.1) is 18.4 Å². The molecule has 1 fully saturated rings. The van der Waals surface area contributed by atoms with Gasteiger partial charge in [-0.3, -0.25) is 0 Å². The Labute approximate surface area is 92.5 Å². The average molecular weight is 224 g/mol. The van der Waals surface area contributed by atoms with Crippen LogP contribution in [0.25, 0.3) is 0 Å². The molecule has 0 N–H and O–H groups in total. The molecule has 0 radical (unpaired) electrons. The highest BCUT2D eigenvalue weighted by atomic mass is 32.2. The van der Waals surface area contributed by atoms with Gasteiger partial charge in [-0.05, 0) is 19.1 Å². The zero-order valence-electron chi connectivity index (χ0n) is 8.69. The quantitative estimate of drug-likeness (QED) is 0.445. The van der Waals surface area contributed by atoms with E-state index in [1.54, 1.807) is 6.20 Å². The average Bonchev–Trinajstić information content (AvgIpc) is 3.11. The van der Waals surface area contributed by atoms with Crippen molar-refractivity contribution in [3.63, 3.8) is 0 Å². The van der Waals surface area contributed by atoms with Crippen LogP contribution in [0.5, 0.6) is 0 Å². The molecule has 0 bridgehead atoms. The van der Waals surface area contributed by atoms with Crippen molar-refractivity contribution in [2.45, 2.75) is 23.9 Å². The predicted molar refractivity (Wildman–Crippen MR) is 57.1 cm³/mol. The van der Waals surface area contributed by atoms with Gasteiger partial charge in [-0.25, -0.2) is 14.8 Å². The highest BCUT2D eigenvalue weighted by Gasteiger charge is 2.30. The van der Waals surface area contributed by atoms with Crippen molar-refractivity contribution in [1.82, 2.24) is 9.97 Å². The van der Waals surface area contributed by atoms with Gasteiger partial charge in [-0.2, -0.15) is 0 Å². The van der Waals surface area contributed by atoms with Gasteiger partial charge in [0.1, 0.15) is 0 Å². The molecule has 1 aromatic heterocycles. The Morgan fingerprint density at radius 1 is 1.60 bits per heavy atom. The molecule has 1 aliphatic rings. The summed E-state index contributed by atoms with van der Waals surface area (Å²) < 4.78 is 4.70. The minimum atomic E-state index is -0.343. The molecule has 1 aliphatic carbocycles. The number of aromatic nitrogens is 2. The van der Waals surface area contributed by atoms with Crippen LogP contribution >= 0.6 is 11.8 Å². The Balaban J connectivity index is 2.39. The highest BCUT2D eigenvalue weighted by Crippen LogP contribution is 2.40. The van der Waals surface area contributed by atoms with Crippen molar-refractivity contribution in [3.8, 4) is 0 Å². The summed E-state index contributed by atoms with van der Waals surface area (Å²) in [5.74, 6) is 0.0811. The zero-order chi connectivity index (χ0) is 10.8. The molecule has 0 unspecified atom stereocenters. The van der Waals surface area contributed by atoms with E-state index in [9.17, 15) is 4.79 Å². The molecule has 80 valence electrons. The minimum Gasteiger partial charge on any atom is -0.465 e. The summed E-state index contributed by atoms with van der Waals surface area (Å²) in [5, 5.41) is 0.713. The van der Waals surface area contributed by atoms with Crippen LogP contribution in [0.2, 0.25) is 0 Å². The SMILES string of the molecule is COC(=O)c1cnc(SC)nc1C1CC1. The van der Waals surface area contributed by atoms with Crippen LogP contribution in [0.15, 0.2) is 11.4 Å². The molecule has 0 amide bonds. The number of rotatable bonds is 3. The van der Waals surface area contributed by atoms with Gasteiger partial charge in [-0.1, -0.05) is 11.8 Å². The Bertz CT molecular complexity index is 391. The van der Waals surface area contributed by atoms with Gasteiger partial charge in [0.15, 0.2) is 5.16 Å². The van der Waals surface area contributed by atoms with Crippen molar-refractivity contribution in [1.29, 1.82) is 0 Å². The van der Waals surface area contributed by atoms with Crippen LogP contribution in [0.3, 0.4) is 0 Å². The zero-order valence-corrected chi connectivity index (χ0v) is 9.50. The van der Waals surface area contributed by atoms with Crippen molar-refractivity contribution in [2.75, 3.05) is 13.4 Å². The van der Waals surface area contributed by atoms with E-state index in [2.05, 4.69) is 9.97 Å². The van der Waals surface area contributed by atoms with Gasteiger partial charge >= 0.3 is 5.97 Å². The molecular formula is C10H12N2O2S. The summed E-state index contributed by atoms with van der Waals surface area (Å²) in [4.78, 5) is 19.9. The third kappa shape index (κ3) is 2.12. The summed E-state index contributed by atoms with van der Waals surface area (Å²) in [6, 6.07) is 0. The molecule has 1 aromatic rings. The second-order valence-electron chi connectivity index (χ2n) is 3.42. The van der Waals surface area contributed by atoms with E-state index in [4.69, 9.17) is 4.74 Å². The number of esters is 1. The Kier molecular flexibility index (Phi) is 2.90. The second-order valence-corrected chi connectivity index (χ2v) is 4.19. The number of carbonyl (C=O) groups is 1. The summed E-state index contributed by atoms with van der Waals surface area (Å²) in [7, 11) is 1.38. The van der Waals surface area contributed by atoms with E-state index in [0.29, 0.717) is 16.6 Å². The lowest BCUT2D eigenvalue weighted by Crippen LogP contribution is -2.08. The highest BCUT2D eigenvalue weighted by molar-refractivity contribution is 7.98. The maximum atomic E-state index is 11.5. The van der Waals surface area contributed by atoms with E-state index in [1.165, 1.54) is 18.9 Å². The van der Waals surface area contributed by atoms with Crippen molar-refractivity contribution >= 4 is 17.7 Å². The molecular weight excluding hydrogens is 212 g/mol. The fraction of sp³-hybridized carbons (Fsp3) is 0.500. The fourth-order valence-corrected chi connectivity index (χ4v) is 1.76. The lowest BCUT2D eigenvalue weighted by atomic mass is 10.1. The van der Waals surface area contributed by atoms with Gasteiger partial charge in [0.2, 0.25) is 0 Å². The first-order chi connectivity index (χ1) is 7.26. The Morgan fingerprint density at radius 3 is 2.87 bits per heavy atom. The second kappa shape index (κ2) is 4.18. The van der Waals surface area contributed by atoms with Gasteiger partial charge in [-0.15, -0.1) is 0 Å². The summed E-state index contributed by atoms with van der Waals surface area (Å²) in [5.41, 5.74) is 1.36. The number of ether oxygens (including phenoxy) is 1. The van der Waals surface area contributed by atoms with E-state index in [-0.39, 0.29) is 5.97 Å². The number of nitrogens with zero attached hydrogens (tertiary/aromatic N) is 2. The van der Waals surface area contributed by atoms with Crippen LogP contribution in [-0.4, -0.2) is 29.3 Å². The third-order valence-electron chi connectivity index (χ3n) is 2.35. The number of carbonyl (C=O) groups excluding carboxylic acids is 1. The van der Waals surface area contributed by atoms with Gasteiger partial charge < -0.3 is 4.74 Å². The maximum absolute atomic E-state index is 11.5. The molecule has 2 rings (SSSR count). The molecule has 1 heterocycles. The number of hydrogen-bond donors (Lipinski definition) is 0. The summed E-state index contributed by atoms with van der Waals surface area (Å²) in [6.07, 6.45) is 5.70. The molecule has 5 heteroatoms. The van der Waals surface area contributed by atoms with E-state index in [0.717, 1.165) is 18.5 Å². The summed E-state index contributed by atoms with van der Waals surface area (Å²) in [6.45, 7) is 0. The third-order valence-corrected chi connectivity index (χ3v) is 2.91. The number of methoxy groups -OCH3 is 1. The van der Waals surface area contributed by atoms with Crippen LogP contribution in [-0.2, 0) is 4.74 Å². The predicted octanol–water partition coefficient (Wildman–Crippen LogP) is 1.86. The lowest BCUT2D eigenvalue weighted by Gasteiger charge is -2.06. The molecule has 0 aromatic carbocycles.